The molecule has 110 valence electrons. The predicted molar refractivity (Wildman–Crippen MR) is 83.2 cm³/mol. The van der Waals surface area contributed by atoms with Crippen LogP contribution in [0.25, 0.3) is 0 Å². The van der Waals surface area contributed by atoms with E-state index in [9.17, 15) is 0 Å². The maximum absolute atomic E-state index is 3.56. The molecule has 0 saturated carbocycles. The molecule has 0 heterocycles. The summed E-state index contributed by atoms with van der Waals surface area (Å²) in [5, 5.41) is 3.56. The van der Waals surface area contributed by atoms with Crippen molar-refractivity contribution in [3.63, 3.8) is 0 Å². The second-order valence-electron chi connectivity index (χ2n) is 5.98. The highest BCUT2D eigenvalue weighted by Gasteiger charge is 2.12. The molecule has 0 aromatic carbocycles. The van der Waals surface area contributed by atoms with E-state index in [4.69, 9.17) is 0 Å². The number of rotatable bonds is 12. The van der Waals surface area contributed by atoms with Gasteiger partial charge in [-0.25, -0.2) is 0 Å². The fourth-order valence-corrected chi connectivity index (χ4v) is 2.16. The highest BCUT2D eigenvalue weighted by Crippen LogP contribution is 2.07. The van der Waals surface area contributed by atoms with Crippen molar-refractivity contribution in [2.45, 2.75) is 72.8 Å². The van der Waals surface area contributed by atoms with Crippen molar-refractivity contribution < 1.29 is 0 Å². The average Bonchev–Trinajstić information content (AvgIpc) is 2.34. The van der Waals surface area contributed by atoms with E-state index < -0.39 is 0 Å². The van der Waals surface area contributed by atoms with Crippen LogP contribution in [0.4, 0.5) is 0 Å². The van der Waals surface area contributed by atoms with E-state index in [2.05, 4.69) is 44.8 Å². The molecule has 0 bridgehead atoms. The zero-order valence-electron chi connectivity index (χ0n) is 13.5. The van der Waals surface area contributed by atoms with Gasteiger partial charge in [0, 0.05) is 6.04 Å². The van der Waals surface area contributed by atoms with Crippen molar-refractivity contribution in [1.82, 2.24) is 10.2 Å². The van der Waals surface area contributed by atoms with Gasteiger partial charge in [-0.2, -0.15) is 0 Å². The van der Waals surface area contributed by atoms with E-state index in [0.29, 0.717) is 0 Å². The molecule has 0 radical (unpaired) electrons. The molecule has 0 saturated heterocycles. The number of nitrogens with one attached hydrogen (secondary N) is 1. The van der Waals surface area contributed by atoms with Gasteiger partial charge in [0.25, 0.3) is 0 Å². The van der Waals surface area contributed by atoms with Crippen molar-refractivity contribution in [3.05, 3.63) is 0 Å². The summed E-state index contributed by atoms with van der Waals surface area (Å²) in [6, 6.07) is 0.725. The van der Waals surface area contributed by atoms with Gasteiger partial charge in [0.2, 0.25) is 0 Å². The lowest BCUT2D eigenvalue weighted by Crippen LogP contribution is -2.37. The van der Waals surface area contributed by atoms with Crippen LogP contribution in [0.5, 0.6) is 0 Å². The van der Waals surface area contributed by atoms with Gasteiger partial charge in [0.05, 0.1) is 0 Å². The lowest BCUT2D eigenvalue weighted by Gasteiger charge is -2.29. The summed E-state index contributed by atoms with van der Waals surface area (Å²) in [6.07, 6.45) is 6.57. The first-order valence-corrected chi connectivity index (χ1v) is 8.06. The zero-order chi connectivity index (χ0) is 13.8. The molecule has 0 aliphatic rings. The minimum atomic E-state index is 0.725. The van der Waals surface area contributed by atoms with Crippen molar-refractivity contribution in [2.75, 3.05) is 26.2 Å². The molecule has 0 aliphatic carbocycles. The summed E-state index contributed by atoms with van der Waals surface area (Å²) in [6.45, 7) is 16.4. The molecule has 1 N–H and O–H groups in total. The zero-order valence-corrected chi connectivity index (χ0v) is 13.5. The minimum absolute atomic E-state index is 0.725. The van der Waals surface area contributed by atoms with Gasteiger partial charge in [-0.15, -0.1) is 0 Å². The van der Waals surface area contributed by atoms with E-state index in [1.165, 1.54) is 45.2 Å². The van der Waals surface area contributed by atoms with E-state index in [1.807, 2.05) is 0 Å². The van der Waals surface area contributed by atoms with Gasteiger partial charge in [0.15, 0.2) is 0 Å². The normalized spacial score (nSPS) is 13.5. The quantitative estimate of drug-likeness (QED) is 0.533. The molecular formula is C16H36N2. The third kappa shape index (κ3) is 9.90. The van der Waals surface area contributed by atoms with Crippen molar-refractivity contribution in [2.24, 2.45) is 5.92 Å². The van der Waals surface area contributed by atoms with Crippen LogP contribution in [0.3, 0.4) is 0 Å². The van der Waals surface area contributed by atoms with Crippen LogP contribution in [-0.2, 0) is 0 Å². The smallest absolute Gasteiger partial charge is 0.00790 e. The first-order valence-electron chi connectivity index (χ1n) is 8.06. The summed E-state index contributed by atoms with van der Waals surface area (Å²) in [7, 11) is 0. The third-order valence-electron chi connectivity index (χ3n) is 3.51. The number of unbranched alkanes of at least 4 members (excludes halogenated alkanes) is 2. The molecule has 0 aromatic heterocycles. The lowest BCUT2D eigenvalue weighted by molar-refractivity contribution is 0.192. The summed E-state index contributed by atoms with van der Waals surface area (Å²) < 4.78 is 0. The Morgan fingerprint density at radius 3 is 1.94 bits per heavy atom. The Bertz CT molecular complexity index is 160. The van der Waals surface area contributed by atoms with E-state index in [0.717, 1.165) is 25.0 Å². The molecule has 0 aliphatic heterocycles. The average molecular weight is 256 g/mol. The highest BCUT2D eigenvalue weighted by atomic mass is 15.1. The van der Waals surface area contributed by atoms with Crippen LogP contribution in [0.1, 0.15) is 66.7 Å². The molecule has 0 aromatic rings. The first kappa shape index (κ1) is 17.9. The summed E-state index contributed by atoms with van der Waals surface area (Å²) in [5.41, 5.74) is 0. The van der Waals surface area contributed by atoms with Gasteiger partial charge < -0.3 is 10.2 Å². The van der Waals surface area contributed by atoms with Gasteiger partial charge in [-0.1, -0.05) is 40.5 Å². The Hall–Kier alpha value is -0.0800. The first-order chi connectivity index (χ1) is 8.61. The summed E-state index contributed by atoms with van der Waals surface area (Å²) in [5.74, 6) is 0.761. The van der Waals surface area contributed by atoms with Gasteiger partial charge in [0.1, 0.15) is 0 Å². The maximum atomic E-state index is 3.56. The fourth-order valence-electron chi connectivity index (χ4n) is 2.16. The SMILES string of the molecule is CCCCN(CCCC)C(C)CCNCC(C)C. The molecule has 0 spiro atoms. The van der Waals surface area contributed by atoms with Crippen LogP contribution in [-0.4, -0.2) is 37.1 Å². The molecule has 1 unspecified atom stereocenters. The van der Waals surface area contributed by atoms with Crippen LogP contribution < -0.4 is 5.32 Å². The lowest BCUT2D eigenvalue weighted by atomic mass is 10.1. The Labute approximate surface area is 116 Å². The van der Waals surface area contributed by atoms with E-state index in [-0.39, 0.29) is 0 Å². The largest absolute Gasteiger partial charge is 0.316 e. The van der Waals surface area contributed by atoms with Crippen molar-refractivity contribution in [1.29, 1.82) is 0 Å². The number of hydrogen-bond acceptors (Lipinski definition) is 2. The number of hydrogen-bond donors (Lipinski definition) is 1. The molecule has 2 nitrogen and oxygen atoms in total. The molecule has 0 fully saturated rings. The van der Waals surface area contributed by atoms with Crippen molar-refractivity contribution in [3.8, 4) is 0 Å². The van der Waals surface area contributed by atoms with Gasteiger partial charge in [-0.3, -0.25) is 0 Å². The monoisotopic (exact) mass is 256 g/mol. The molecule has 0 rings (SSSR count). The summed E-state index contributed by atoms with van der Waals surface area (Å²) in [4.78, 5) is 2.68. The van der Waals surface area contributed by atoms with Gasteiger partial charge >= 0.3 is 0 Å². The second-order valence-corrected chi connectivity index (χ2v) is 5.98. The van der Waals surface area contributed by atoms with Crippen LogP contribution >= 0.6 is 0 Å². The second kappa shape index (κ2) is 12.0. The Morgan fingerprint density at radius 1 is 0.944 bits per heavy atom. The minimum Gasteiger partial charge on any atom is -0.316 e. The van der Waals surface area contributed by atoms with Crippen LogP contribution in [0, 0.1) is 5.92 Å². The Kier molecular flexibility index (Phi) is 11.9. The van der Waals surface area contributed by atoms with Gasteiger partial charge in [-0.05, 0) is 58.3 Å². The summed E-state index contributed by atoms with van der Waals surface area (Å²) >= 11 is 0. The van der Waals surface area contributed by atoms with Crippen LogP contribution in [0.15, 0.2) is 0 Å². The molecule has 2 heteroatoms. The molecule has 0 amide bonds. The Morgan fingerprint density at radius 2 is 1.50 bits per heavy atom. The predicted octanol–water partition coefficient (Wildman–Crippen LogP) is 3.91. The fraction of sp³-hybridized carbons (Fsp3) is 1.00. The topological polar surface area (TPSA) is 15.3 Å². The number of nitrogens with zero attached hydrogens (tertiary/aromatic N) is 1. The molecule has 18 heavy (non-hydrogen) atoms. The van der Waals surface area contributed by atoms with Crippen molar-refractivity contribution >= 4 is 0 Å². The standard InChI is InChI=1S/C16H36N2/c1-6-8-12-18(13-9-7-2)16(5)10-11-17-14-15(3)4/h15-17H,6-14H2,1-5H3. The van der Waals surface area contributed by atoms with E-state index >= 15 is 0 Å². The molecule has 1 atom stereocenters. The van der Waals surface area contributed by atoms with E-state index in [1.54, 1.807) is 0 Å². The maximum Gasteiger partial charge on any atom is 0.00790 e. The molecular weight excluding hydrogens is 220 g/mol. The highest BCUT2D eigenvalue weighted by molar-refractivity contribution is 4.69. The Balaban J connectivity index is 3.83. The van der Waals surface area contributed by atoms with Crippen LogP contribution in [0.2, 0.25) is 0 Å². The third-order valence-corrected chi connectivity index (χ3v) is 3.51.